The van der Waals surface area contributed by atoms with Gasteiger partial charge in [0.25, 0.3) is 0 Å². The van der Waals surface area contributed by atoms with Crippen molar-refractivity contribution in [3.63, 3.8) is 0 Å². The molecule has 0 saturated heterocycles. The van der Waals surface area contributed by atoms with Crippen molar-refractivity contribution in [1.82, 2.24) is 15.3 Å². The summed E-state index contributed by atoms with van der Waals surface area (Å²) in [4.78, 5) is 11.3. The van der Waals surface area contributed by atoms with Crippen molar-refractivity contribution in [2.24, 2.45) is 0 Å². The van der Waals surface area contributed by atoms with E-state index >= 15 is 0 Å². The number of halogens is 1. The Morgan fingerprint density at radius 1 is 1.25 bits per heavy atom. The summed E-state index contributed by atoms with van der Waals surface area (Å²) in [5.41, 5.74) is 0. The zero-order valence-corrected chi connectivity index (χ0v) is 10.7. The van der Waals surface area contributed by atoms with Gasteiger partial charge in [-0.05, 0) is 0 Å². The molecule has 7 heteroatoms. The summed E-state index contributed by atoms with van der Waals surface area (Å²) in [5.74, 6) is -0.180. The van der Waals surface area contributed by atoms with Crippen molar-refractivity contribution in [2.45, 2.75) is 6.42 Å². The summed E-state index contributed by atoms with van der Waals surface area (Å²) in [5, 5.41) is 7.73. The lowest BCUT2D eigenvalue weighted by molar-refractivity contribution is -0.119. The molecular formula is C9H17ClN3O2P. The van der Waals surface area contributed by atoms with Gasteiger partial charge in [-0.1, -0.05) is 12.2 Å². The number of carbonyl (C=O) groups is 1. The van der Waals surface area contributed by atoms with E-state index in [2.05, 4.69) is 28.4 Å². The standard InChI is InChI=1S/C9H17ClN3O2P/c1-3-7-11-16(15,12-8-4-2)13-9(14)5-6-10/h3-4H,1-2,5-8H2,(H3,11,12,13,14,15). The quantitative estimate of drug-likeness (QED) is 0.335. The number of hydrogen-bond donors (Lipinski definition) is 3. The zero-order chi connectivity index (χ0) is 12.4. The molecule has 1 amide bonds. The third-order valence-electron chi connectivity index (χ3n) is 1.52. The summed E-state index contributed by atoms with van der Waals surface area (Å²) in [6, 6.07) is 0. The van der Waals surface area contributed by atoms with Crippen molar-refractivity contribution < 1.29 is 9.36 Å². The van der Waals surface area contributed by atoms with Crippen molar-refractivity contribution >= 4 is 25.1 Å². The topological polar surface area (TPSA) is 70.2 Å². The van der Waals surface area contributed by atoms with Gasteiger partial charge in [0.15, 0.2) is 0 Å². The molecule has 0 rings (SSSR count). The zero-order valence-electron chi connectivity index (χ0n) is 9.04. The predicted molar refractivity (Wildman–Crippen MR) is 67.5 cm³/mol. The lowest BCUT2D eigenvalue weighted by Crippen LogP contribution is -2.35. The summed E-state index contributed by atoms with van der Waals surface area (Å²) in [6.45, 7) is 7.63. The van der Waals surface area contributed by atoms with E-state index in [1.807, 2.05) is 0 Å². The number of hydrogen-bond acceptors (Lipinski definition) is 2. The van der Waals surface area contributed by atoms with E-state index in [-0.39, 0.29) is 18.2 Å². The Balaban J connectivity index is 4.38. The summed E-state index contributed by atoms with van der Waals surface area (Å²) in [7, 11) is -3.14. The van der Waals surface area contributed by atoms with Crippen molar-refractivity contribution in [1.29, 1.82) is 0 Å². The average molecular weight is 266 g/mol. The second kappa shape index (κ2) is 8.53. The molecule has 0 saturated carbocycles. The maximum atomic E-state index is 12.1. The summed E-state index contributed by atoms with van der Waals surface area (Å²) in [6.07, 6.45) is 3.23. The molecule has 3 N–H and O–H groups in total. The Morgan fingerprint density at radius 2 is 1.75 bits per heavy atom. The van der Waals surface area contributed by atoms with Gasteiger partial charge in [-0.25, -0.2) is 10.2 Å². The molecule has 0 aliphatic carbocycles. The highest BCUT2D eigenvalue weighted by atomic mass is 35.5. The fraction of sp³-hybridized carbons (Fsp3) is 0.444. The number of rotatable bonds is 9. The minimum Gasteiger partial charge on any atom is -0.283 e. The van der Waals surface area contributed by atoms with Crippen LogP contribution < -0.4 is 15.3 Å². The van der Waals surface area contributed by atoms with Crippen LogP contribution >= 0.6 is 19.2 Å². The van der Waals surface area contributed by atoms with Gasteiger partial charge in [0, 0.05) is 25.4 Å². The molecule has 0 atom stereocenters. The molecule has 16 heavy (non-hydrogen) atoms. The summed E-state index contributed by atoms with van der Waals surface area (Å²) < 4.78 is 12.1. The molecule has 0 heterocycles. The van der Waals surface area contributed by atoms with Gasteiger partial charge < -0.3 is 0 Å². The maximum absolute atomic E-state index is 12.1. The van der Waals surface area contributed by atoms with Crippen LogP contribution in [0.25, 0.3) is 0 Å². The highest BCUT2D eigenvalue weighted by Crippen LogP contribution is 2.29. The van der Waals surface area contributed by atoms with E-state index in [9.17, 15) is 9.36 Å². The van der Waals surface area contributed by atoms with Crippen LogP contribution in [0.1, 0.15) is 6.42 Å². The Labute approximate surface area is 101 Å². The molecule has 0 fully saturated rings. The third kappa shape index (κ3) is 6.80. The van der Waals surface area contributed by atoms with E-state index in [0.29, 0.717) is 13.1 Å². The first kappa shape index (κ1) is 15.4. The van der Waals surface area contributed by atoms with Crippen LogP contribution in [0.3, 0.4) is 0 Å². The second-order valence-electron chi connectivity index (χ2n) is 2.89. The van der Waals surface area contributed by atoms with Crippen LogP contribution in [-0.2, 0) is 9.36 Å². The van der Waals surface area contributed by atoms with E-state index in [1.54, 1.807) is 12.2 Å². The van der Waals surface area contributed by atoms with Crippen molar-refractivity contribution in [2.75, 3.05) is 19.0 Å². The van der Waals surface area contributed by atoms with Gasteiger partial charge in [0.05, 0.1) is 0 Å². The number of carbonyl (C=O) groups excluding carboxylic acids is 1. The Bertz CT molecular complexity index is 280. The summed E-state index contributed by atoms with van der Waals surface area (Å²) >= 11 is 5.41. The van der Waals surface area contributed by atoms with Crippen LogP contribution in [-0.4, -0.2) is 24.9 Å². The van der Waals surface area contributed by atoms with Crippen molar-refractivity contribution in [3.8, 4) is 0 Å². The largest absolute Gasteiger partial charge is 0.306 e. The van der Waals surface area contributed by atoms with Crippen LogP contribution in [0.15, 0.2) is 25.3 Å². The van der Waals surface area contributed by atoms with Gasteiger partial charge in [-0.2, -0.15) is 0 Å². The molecular weight excluding hydrogens is 249 g/mol. The molecule has 5 nitrogen and oxygen atoms in total. The second-order valence-corrected chi connectivity index (χ2v) is 5.34. The first-order valence-corrected chi connectivity index (χ1v) is 7.01. The maximum Gasteiger partial charge on any atom is 0.306 e. The molecule has 0 radical (unpaired) electrons. The lowest BCUT2D eigenvalue weighted by Gasteiger charge is -2.20. The van der Waals surface area contributed by atoms with E-state index in [0.717, 1.165) is 0 Å². The number of nitrogens with one attached hydrogen (secondary N) is 3. The van der Waals surface area contributed by atoms with Crippen LogP contribution in [0.2, 0.25) is 0 Å². The normalized spacial score (nSPS) is 10.8. The van der Waals surface area contributed by atoms with Crippen LogP contribution in [0.5, 0.6) is 0 Å². The van der Waals surface area contributed by atoms with Gasteiger partial charge >= 0.3 is 7.59 Å². The third-order valence-corrected chi connectivity index (χ3v) is 3.53. The first-order chi connectivity index (χ1) is 7.58. The molecule has 0 spiro atoms. The van der Waals surface area contributed by atoms with E-state index < -0.39 is 7.59 Å². The van der Waals surface area contributed by atoms with Crippen LogP contribution in [0.4, 0.5) is 0 Å². The fourth-order valence-electron chi connectivity index (χ4n) is 0.839. The number of amides is 1. The fourth-order valence-corrected chi connectivity index (χ4v) is 2.52. The smallest absolute Gasteiger partial charge is 0.283 e. The van der Waals surface area contributed by atoms with Crippen LogP contribution in [0, 0.1) is 0 Å². The molecule has 0 aromatic heterocycles. The SMILES string of the molecule is C=CCNP(=O)(NCC=C)NC(=O)CCCl. The van der Waals surface area contributed by atoms with Gasteiger partial charge in [0.2, 0.25) is 5.91 Å². The predicted octanol–water partition coefficient (Wildman–Crippen LogP) is 1.39. The van der Waals surface area contributed by atoms with Crippen molar-refractivity contribution in [3.05, 3.63) is 25.3 Å². The van der Waals surface area contributed by atoms with E-state index in [4.69, 9.17) is 11.6 Å². The molecule has 92 valence electrons. The lowest BCUT2D eigenvalue weighted by atomic mass is 10.5. The highest BCUT2D eigenvalue weighted by Gasteiger charge is 2.21. The van der Waals surface area contributed by atoms with E-state index in [1.165, 1.54) is 0 Å². The highest BCUT2D eigenvalue weighted by molar-refractivity contribution is 7.58. The van der Waals surface area contributed by atoms with Gasteiger partial charge in [-0.3, -0.25) is 14.4 Å². The molecule has 0 aromatic carbocycles. The Kier molecular flexibility index (Phi) is 8.21. The molecule has 0 aliphatic rings. The monoisotopic (exact) mass is 265 g/mol. The Morgan fingerprint density at radius 3 is 2.12 bits per heavy atom. The van der Waals surface area contributed by atoms with Gasteiger partial charge in [0.1, 0.15) is 0 Å². The Hall–Kier alpha value is -0.610. The minimum absolute atomic E-state index is 0.122. The average Bonchev–Trinajstić information content (AvgIpc) is 2.24. The molecule has 0 aromatic rings. The molecule has 0 unspecified atom stereocenters. The van der Waals surface area contributed by atoms with Gasteiger partial charge in [-0.15, -0.1) is 24.8 Å². The first-order valence-electron chi connectivity index (χ1n) is 4.77. The number of alkyl halides is 1. The minimum atomic E-state index is -3.14. The molecule has 0 bridgehead atoms. The molecule has 0 aliphatic heterocycles.